The molecular formula is C12H21N3O5. The van der Waals surface area contributed by atoms with E-state index in [-0.39, 0.29) is 5.41 Å². The third kappa shape index (κ3) is 5.43. The first kappa shape index (κ1) is 16.2. The Labute approximate surface area is 117 Å². The minimum absolute atomic E-state index is 0.0575. The Kier molecular flexibility index (Phi) is 5.75. The molecule has 0 aromatic heterocycles. The minimum atomic E-state index is -1.31. The minimum Gasteiger partial charge on any atom is -0.480 e. The number of rotatable bonds is 6. The molecule has 1 aliphatic rings. The zero-order chi connectivity index (χ0) is 15.2. The number of hydrogen-bond acceptors (Lipinski definition) is 4. The molecule has 0 radical (unpaired) electrons. The lowest BCUT2D eigenvalue weighted by Crippen LogP contribution is -2.50. The lowest BCUT2D eigenvalue weighted by atomic mass is 9.82. The standard InChI is InChI=1S/C12H21N3O5/c1-12(2-4-20-5-3-12)7-14-11(19)15-8(10(17)18)6-9(13)16/h8H,2-7H2,1H3,(H2,13,16)(H,17,18)(H2,14,15,19)/t8-/m1/s1. The number of carboxylic acids is 1. The van der Waals surface area contributed by atoms with Crippen molar-refractivity contribution in [3.8, 4) is 0 Å². The first-order chi connectivity index (χ1) is 9.32. The molecule has 1 rings (SSSR count). The van der Waals surface area contributed by atoms with Crippen molar-refractivity contribution in [3.63, 3.8) is 0 Å². The number of carbonyl (C=O) groups excluding carboxylic acids is 2. The number of hydrogen-bond donors (Lipinski definition) is 4. The molecule has 3 amide bonds. The fourth-order valence-corrected chi connectivity index (χ4v) is 1.95. The van der Waals surface area contributed by atoms with Gasteiger partial charge in [-0.1, -0.05) is 6.92 Å². The van der Waals surface area contributed by atoms with Crippen molar-refractivity contribution in [2.24, 2.45) is 11.1 Å². The third-order valence-electron chi connectivity index (χ3n) is 3.38. The predicted octanol–water partition coefficient (Wildman–Crippen LogP) is -0.569. The van der Waals surface area contributed by atoms with Crippen LogP contribution in [0.3, 0.4) is 0 Å². The summed E-state index contributed by atoms with van der Waals surface area (Å²) in [6.07, 6.45) is 1.22. The van der Waals surface area contributed by atoms with E-state index >= 15 is 0 Å². The van der Waals surface area contributed by atoms with E-state index in [1.807, 2.05) is 6.92 Å². The second-order valence-electron chi connectivity index (χ2n) is 5.31. The number of primary amides is 1. The first-order valence-corrected chi connectivity index (χ1v) is 6.46. The molecule has 114 valence electrons. The second-order valence-corrected chi connectivity index (χ2v) is 5.31. The van der Waals surface area contributed by atoms with Crippen LogP contribution in [-0.4, -0.2) is 48.8 Å². The first-order valence-electron chi connectivity index (χ1n) is 6.46. The Balaban J connectivity index is 2.41. The molecule has 8 heteroatoms. The molecule has 0 spiro atoms. The summed E-state index contributed by atoms with van der Waals surface area (Å²) in [5.41, 5.74) is 4.87. The van der Waals surface area contributed by atoms with Crippen LogP contribution in [0, 0.1) is 5.41 Å². The van der Waals surface area contributed by atoms with Gasteiger partial charge in [-0.2, -0.15) is 0 Å². The lowest BCUT2D eigenvalue weighted by molar-refractivity contribution is -0.140. The molecule has 1 atom stereocenters. The maximum Gasteiger partial charge on any atom is 0.326 e. The monoisotopic (exact) mass is 287 g/mol. The van der Waals surface area contributed by atoms with Gasteiger partial charge in [0.05, 0.1) is 6.42 Å². The Hall–Kier alpha value is -1.83. The highest BCUT2D eigenvalue weighted by Crippen LogP contribution is 2.28. The normalized spacial score (nSPS) is 18.9. The van der Waals surface area contributed by atoms with E-state index in [0.29, 0.717) is 19.8 Å². The van der Waals surface area contributed by atoms with Crippen LogP contribution in [0.25, 0.3) is 0 Å². The van der Waals surface area contributed by atoms with Gasteiger partial charge in [0, 0.05) is 19.8 Å². The maximum atomic E-state index is 11.7. The number of aliphatic carboxylic acids is 1. The molecule has 5 N–H and O–H groups in total. The van der Waals surface area contributed by atoms with Gasteiger partial charge >= 0.3 is 12.0 Å². The Bertz CT molecular complexity index is 379. The van der Waals surface area contributed by atoms with E-state index in [9.17, 15) is 14.4 Å². The smallest absolute Gasteiger partial charge is 0.326 e. The molecule has 1 heterocycles. The highest BCUT2D eigenvalue weighted by atomic mass is 16.5. The highest BCUT2D eigenvalue weighted by molar-refractivity contribution is 5.87. The number of ether oxygens (including phenoxy) is 1. The molecule has 0 aromatic carbocycles. The second kappa shape index (κ2) is 7.09. The van der Waals surface area contributed by atoms with Gasteiger partial charge in [-0.3, -0.25) is 4.79 Å². The van der Waals surface area contributed by atoms with Crippen LogP contribution in [0.5, 0.6) is 0 Å². The van der Waals surface area contributed by atoms with Crippen LogP contribution in [0.2, 0.25) is 0 Å². The summed E-state index contributed by atoms with van der Waals surface area (Å²) in [6, 6.07) is -1.93. The van der Waals surface area contributed by atoms with Crippen molar-refractivity contribution in [1.82, 2.24) is 10.6 Å². The zero-order valence-electron chi connectivity index (χ0n) is 11.5. The van der Waals surface area contributed by atoms with Gasteiger partial charge in [-0.05, 0) is 18.3 Å². The Morgan fingerprint density at radius 3 is 2.45 bits per heavy atom. The molecule has 0 unspecified atom stereocenters. The van der Waals surface area contributed by atoms with E-state index in [4.69, 9.17) is 15.6 Å². The fraction of sp³-hybridized carbons (Fsp3) is 0.750. The molecule has 1 fully saturated rings. The largest absolute Gasteiger partial charge is 0.480 e. The fourth-order valence-electron chi connectivity index (χ4n) is 1.95. The van der Waals surface area contributed by atoms with Crippen molar-refractivity contribution < 1.29 is 24.2 Å². The summed E-state index contributed by atoms with van der Waals surface area (Å²) in [5.74, 6) is -2.08. The molecule has 0 bridgehead atoms. The number of nitrogens with one attached hydrogen (secondary N) is 2. The van der Waals surface area contributed by atoms with Crippen LogP contribution < -0.4 is 16.4 Å². The molecule has 0 saturated carbocycles. The maximum absolute atomic E-state index is 11.7. The van der Waals surface area contributed by atoms with Crippen molar-refractivity contribution in [2.75, 3.05) is 19.8 Å². The van der Waals surface area contributed by atoms with Gasteiger partial charge in [0.25, 0.3) is 0 Å². The van der Waals surface area contributed by atoms with Gasteiger partial charge in [-0.15, -0.1) is 0 Å². The third-order valence-corrected chi connectivity index (χ3v) is 3.38. The molecular weight excluding hydrogens is 266 g/mol. The predicted molar refractivity (Wildman–Crippen MR) is 69.9 cm³/mol. The summed E-state index contributed by atoms with van der Waals surface area (Å²) in [7, 11) is 0. The topological polar surface area (TPSA) is 131 Å². The van der Waals surface area contributed by atoms with E-state index in [1.165, 1.54) is 0 Å². The SMILES string of the molecule is CC1(CNC(=O)N[C@H](CC(N)=O)C(=O)O)CCOCC1. The van der Waals surface area contributed by atoms with Gasteiger partial charge in [0.2, 0.25) is 5.91 Å². The van der Waals surface area contributed by atoms with E-state index < -0.39 is 30.4 Å². The lowest BCUT2D eigenvalue weighted by Gasteiger charge is -2.33. The number of carboxylic acid groups (broad SMARTS) is 1. The Morgan fingerprint density at radius 1 is 1.35 bits per heavy atom. The zero-order valence-corrected chi connectivity index (χ0v) is 11.5. The van der Waals surface area contributed by atoms with Crippen molar-refractivity contribution in [1.29, 1.82) is 0 Å². The average Bonchev–Trinajstić information content (AvgIpc) is 2.36. The van der Waals surface area contributed by atoms with Gasteiger partial charge < -0.3 is 26.2 Å². The molecule has 20 heavy (non-hydrogen) atoms. The van der Waals surface area contributed by atoms with E-state index in [1.54, 1.807) is 0 Å². The highest BCUT2D eigenvalue weighted by Gasteiger charge is 2.28. The van der Waals surface area contributed by atoms with Gasteiger partial charge in [-0.25, -0.2) is 9.59 Å². The molecule has 1 aliphatic heterocycles. The summed E-state index contributed by atoms with van der Waals surface area (Å²) < 4.78 is 5.25. The Morgan fingerprint density at radius 2 is 1.95 bits per heavy atom. The molecule has 0 aromatic rings. The average molecular weight is 287 g/mol. The van der Waals surface area contributed by atoms with Gasteiger partial charge in [0.15, 0.2) is 0 Å². The van der Waals surface area contributed by atoms with Crippen LogP contribution in [0.4, 0.5) is 4.79 Å². The summed E-state index contributed by atoms with van der Waals surface area (Å²) >= 11 is 0. The van der Waals surface area contributed by atoms with Crippen molar-refractivity contribution in [2.45, 2.75) is 32.2 Å². The summed E-state index contributed by atoms with van der Waals surface area (Å²) in [4.78, 5) is 33.3. The van der Waals surface area contributed by atoms with E-state index in [2.05, 4.69) is 10.6 Å². The number of amides is 3. The van der Waals surface area contributed by atoms with Crippen molar-refractivity contribution >= 4 is 17.9 Å². The molecule has 8 nitrogen and oxygen atoms in total. The number of nitrogens with two attached hydrogens (primary N) is 1. The molecule has 0 aliphatic carbocycles. The number of urea groups is 1. The van der Waals surface area contributed by atoms with E-state index in [0.717, 1.165) is 12.8 Å². The summed E-state index contributed by atoms with van der Waals surface area (Å²) in [6.45, 7) is 3.76. The summed E-state index contributed by atoms with van der Waals surface area (Å²) in [5, 5.41) is 13.7. The number of carbonyl (C=O) groups is 3. The quantitative estimate of drug-likeness (QED) is 0.519. The van der Waals surface area contributed by atoms with Crippen LogP contribution in [0.15, 0.2) is 0 Å². The van der Waals surface area contributed by atoms with Crippen LogP contribution >= 0.6 is 0 Å². The van der Waals surface area contributed by atoms with Crippen molar-refractivity contribution in [3.05, 3.63) is 0 Å². The molecule has 1 saturated heterocycles. The van der Waals surface area contributed by atoms with Crippen LogP contribution in [0.1, 0.15) is 26.2 Å². The van der Waals surface area contributed by atoms with Crippen LogP contribution in [-0.2, 0) is 14.3 Å². The van der Waals surface area contributed by atoms with Gasteiger partial charge in [0.1, 0.15) is 6.04 Å².